The molecule has 0 radical (unpaired) electrons. The third-order valence-corrected chi connectivity index (χ3v) is 6.95. The first kappa shape index (κ1) is 26.2. The van der Waals surface area contributed by atoms with Crippen molar-refractivity contribution < 1.29 is 9.53 Å². The molecule has 0 spiro atoms. The molecule has 206 valence electrons. The summed E-state index contributed by atoms with van der Waals surface area (Å²) in [7, 11) is 0. The Morgan fingerprint density at radius 3 is 2.73 bits per heavy atom. The minimum Gasteiger partial charge on any atom is -0.381 e. The number of rotatable bonds is 5. The summed E-state index contributed by atoms with van der Waals surface area (Å²) in [6, 6.07) is 15.7. The fourth-order valence-corrected chi connectivity index (χ4v) is 4.93. The van der Waals surface area contributed by atoms with Crippen LogP contribution in [0.5, 0.6) is 0 Å². The molecule has 6 rings (SSSR count). The summed E-state index contributed by atoms with van der Waals surface area (Å²) in [6.45, 7) is 5.40. The topological polar surface area (TPSA) is 133 Å². The van der Waals surface area contributed by atoms with Crippen LogP contribution in [-0.2, 0) is 4.74 Å². The second kappa shape index (κ2) is 11.2. The zero-order valence-electron chi connectivity index (χ0n) is 22.4. The summed E-state index contributed by atoms with van der Waals surface area (Å²) < 4.78 is 8.39. The van der Waals surface area contributed by atoms with Gasteiger partial charge in [-0.3, -0.25) is 19.1 Å². The van der Waals surface area contributed by atoms with Gasteiger partial charge in [0.2, 0.25) is 0 Å². The quantitative estimate of drug-likeness (QED) is 0.320. The number of benzene rings is 2. The van der Waals surface area contributed by atoms with Crippen LogP contribution < -0.4 is 16.6 Å². The smallest absolute Gasteiger partial charge is 0.267 e. The Morgan fingerprint density at radius 1 is 1.12 bits per heavy atom. The highest BCUT2D eigenvalue weighted by molar-refractivity contribution is 6.04. The number of hydrogen-bond donors (Lipinski definition) is 2. The third kappa shape index (κ3) is 5.14. The maximum absolute atomic E-state index is 14.2. The van der Waals surface area contributed by atoms with Crippen LogP contribution >= 0.6 is 0 Å². The Hall–Kier alpha value is -5.05. The first-order chi connectivity index (χ1) is 20.0. The minimum atomic E-state index is -0.672. The zero-order valence-corrected chi connectivity index (χ0v) is 22.4. The SMILES string of the molecule is C[C@H](NC(=O)c1c(N)nn2cccnc12)c1nc2cccc(C#CCN3CCOCC3)c2c(=O)n1-c1ccccc1. The molecule has 3 aromatic heterocycles. The van der Waals surface area contributed by atoms with Crippen molar-refractivity contribution >= 4 is 28.3 Å². The average molecular weight is 549 g/mol. The number of nitrogens with two attached hydrogens (primary N) is 1. The van der Waals surface area contributed by atoms with E-state index in [1.165, 1.54) is 9.08 Å². The average Bonchev–Trinajstić information content (AvgIpc) is 3.33. The van der Waals surface area contributed by atoms with Gasteiger partial charge in [0.25, 0.3) is 11.5 Å². The first-order valence-corrected chi connectivity index (χ1v) is 13.3. The predicted octanol–water partition coefficient (Wildman–Crippen LogP) is 2.19. The molecular formula is C30H28N8O3. The molecule has 2 aromatic carbocycles. The van der Waals surface area contributed by atoms with E-state index in [0.29, 0.717) is 53.4 Å². The van der Waals surface area contributed by atoms with E-state index in [4.69, 9.17) is 15.5 Å². The highest BCUT2D eigenvalue weighted by Gasteiger charge is 2.25. The van der Waals surface area contributed by atoms with E-state index in [1.807, 2.05) is 42.5 Å². The van der Waals surface area contributed by atoms with E-state index >= 15 is 0 Å². The molecule has 1 atom stereocenters. The number of aromatic nitrogens is 5. The maximum Gasteiger partial charge on any atom is 0.267 e. The van der Waals surface area contributed by atoms with Gasteiger partial charge in [-0.25, -0.2) is 14.5 Å². The Kier molecular flexibility index (Phi) is 7.16. The van der Waals surface area contributed by atoms with E-state index < -0.39 is 11.9 Å². The van der Waals surface area contributed by atoms with E-state index in [0.717, 1.165) is 13.1 Å². The Bertz CT molecular complexity index is 1860. The number of para-hydroxylation sites is 1. The summed E-state index contributed by atoms with van der Waals surface area (Å²) in [4.78, 5) is 38.9. The summed E-state index contributed by atoms with van der Waals surface area (Å²) in [5, 5.41) is 7.54. The van der Waals surface area contributed by atoms with Crippen LogP contribution in [0.3, 0.4) is 0 Å². The van der Waals surface area contributed by atoms with Crippen LogP contribution in [-0.4, -0.2) is 67.8 Å². The number of morpholine rings is 1. The molecule has 5 aromatic rings. The molecule has 1 saturated heterocycles. The van der Waals surface area contributed by atoms with Gasteiger partial charge in [0.15, 0.2) is 11.5 Å². The number of hydrogen-bond acceptors (Lipinski definition) is 8. The molecule has 1 aliphatic heterocycles. The molecule has 4 heterocycles. The largest absolute Gasteiger partial charge is 0.381 e. The number of ether oxygens (including phenoxy) is 1. The number of fused-ring (bicyclic) bond motifs is 2. The molecule has 0 aliphatic carbocycles. The minimum absolute atomic E-state index is 0.0561. The van der Waals surface area contributed by atoms with Crippen molar-refractivity contribution in [1.82, 2.24) is 34.4 Å². The van der Waals surface area contributed by atoms with Crippen LogP contribution in [0.2, 0.25) is 0 Å². The maximum atomic E-state index is 14.2. The summed E-state index contributed by atoms with van der Waals surface area (Å²) in [5.41, 5.74) is 8.01. The Labute approximate surface area is 235 Å². The molecule has 1 aliphatic rings. The van der Waals surface area contributed by atoms with Crippen LogP contribution in [0.1, 0.15) is 34.7 Å². The number of nitrogen functional groups attached to an aromatic ring is 1. The van der Waals surface area contributed by atoms with Gasteiger partial charge in [0, 0.05) is 31.0 Å². The molecule has 0 saturated carbocycles. The number of carbonyl (C=O) groups is 1. The molecule has 41 heavy (non-hydrogen) atoms. The standard InChI is InChI=1S/C30H28N8O3/c1-20(33-29(39)25-26(31)35-37-15-7-13-32-28(25)37)27-34-23-12-5-8-21(9-6-14-36-16-18-41-19-17-36)24(23)30(40)38(27)22-10-3-2-4-11-22/h2-5,7-8,10-13,15,20H,14,16-19H2,1H3,(H2,31,35)(H,33,39)/t20-/m0/s1. The van der Waals surface area contributed by atoms with Gasteiger partial charge in [-0.1, -0.05) is 36.1 Å². The second-order valence-electron chi connectivity index (χ2n) is 9.68. The highest BCUT2D eigenvalue weighted by Crippen LogP contribution is 2.22. The molecular weight excluding hydrogens is 520 g/mol. The van der Waals surface area contributed by atoms with E-state index in [9.17, 15) is 9.59 Å². The molecule has 1 fully saturated rings. The van der Waals surface area contributed by atoms with Crippen LogP contribution in [0.15, 0.2) is 71.8 Å². The number of nitrogens with zero attached hydrogens (tertiary/aromatic N) is 6. The summed E-state index contributed by atoms with van der Waals surface area (Å²) in [5.74, 6) is 6.35. The fourth-order valence-electron chi connectivity index (χ4n) is 4.93. The summed E-state index contributed by atoms with van der Waals surface area (Å²) >= 11 is 0. The lowest BCUT2D eigenvalue weighted by molar-refractivity contribution is 0.0443. The van der Waals surface area contributed by atoms with Crippen molar-refractivity contribution in [3.05, 3.63) is 94.3 Å². The Balaban J connectivity index is 1.41. The van der Waals surface area contributed by atoms with E-state index in [-0.39, 0.29) is 16.9 Å². The molecule has 11 nitrogen and oxygen atoms in total. The summed E-state index contributed by atoms with van der Waals surface area (Å²) in [6.07, 6.45) is 3.23. The normalized spacial score (nSPS) is 14.5. The van der Waals surface area contributed by atoms with E-state index in [1.54, 1.807) is 31.5 Å². The molecule has 0 unspecified atom stereocenters. The van der Waals surface area contributed by atoms with Gasteiger partial charge in [-0.15, -0.1) is 5.10 Å². The van der Waals surface area contributed by atoms with Gasteiger partial charge in [-0.05, 0) is 37.3 Å². The second-order valence-corrected chi connectivity index (χ2v) is 9.68. The van der Waals surface area contributed by atoms with Crippen molar-refractivity contribution in [3.8, 4) is 17.5 Å². The Morgan fingerprint density at radius 2 is 1.93 bits per heavy atom. The molecule has 11 heteroatoms. The van der Waals surface area contributed by atoms with Crippen molar-refractivity contribution in [2.24, 2.45) is 0 Å². The highest BCUT2D eigenvalue weighted by atomic mass is 16.5. The lowest BCUT2D eigenvalue weighted by Gasteiger charge is -2.24. The first-order valence-electron chi connectivity index (χ1n) is 13.3. The zero-order chi connectivity index (χ0) is 28.3. The van der Waals surface area contributed by atoms with Crippen molar-refractivity contribution in [2.45, 2.75) is 13.0 Å². The van der Waals surface area contributed by atoms with Crippen molar-refractivity contribution in [1.29, 1.82) is 0 Å². The van der Waals surface area contributed by atoms with Gasteiger partial charge in [-0.2, -0.15) is 0 Å². The fraction of sp³-hybridized carbons (Fsp3) is 0.233. The number of amides is 1. The lowest BCUT2D eigenvalue weighted by atomic mass is 10.1. The van der Waals surface area contributed by atoms with Crippen molar-refractivity contribution in [2.75, 3.05) is 38.6 Å². The number of nitrogens with one attached hydrogen (secondary N) is 1. The number of anilines is 1. The van der Waals surface area contributed by atoms with Gasteiger partial charge < -0.3 is 15.8 Å². The van der Waals surface area contributed by atoms with Gasteiger partial charge in [0.1, 0.15) is 11.4 Å². The van der Waals surface area contributed by atoms with Gasteiger partial charge >= 0.3 is 0 Å². The van der Waals surface area contributed by atoms with Crippen LogP contribution in [0.4, 0.5) is 5.82 Å². The van der Waals surface area contributed by atoms with Crippen LogP contribution in [0.25, 0.3) is 22.2 Å². The van der Waals surface area contributed by atoms with Gasteiger partial charge in [0.05, 0.1) is 42.4 Å². The molecule has 0 bridgehead atoms. The number of carbonyl (C=O) groups excluding carboxylic acids is 1. The predicted molar refractivity (Wildman–Crippen MR) is 155 cm³/mol. The third-order valence-electron chi connectivity index (χ3n) is 6.95. The van der Waals surface area contributed by atoms with Crippen LogP contribution in [0, 0.1) is 11.8 Å². The molecule has 1 amide bonds. The molecule has 3 N–H and O–H groups in total. The lowest BCUT2D eigenvalue weighted by Crippen LogP contribution is -2.36. The monoisotopic (exact) mass is 548 g/mol. The van der Waals surface area contributed by atoms with Crippen molar-refractivity contribution in [3.63, 3.8) is 0 Å². The van der Waals surface area contributed by atoms with E-state index in [2.05, 4.69) is 32.1 Å².